The molecule has 0 radical (unpaired) electrons. The fourth-order valence-electron chi connectivity index (χ4n) is 2.13. The molecule has 0 aliphatic heterocycles. The minimum atomic E-state index is 0.112. The van der Waals surface area contributed by atoms with Crippen molar-refractivity contribution in [2.24, 2.45) is 0 Å². The van der Waals surface area contributed by atoms with Crippen molar-refractivity contribution in [1.82, 2.24) is 4.57 Å². The van der Waals surface area contributed by atoms with Gasteiger partial charge >= 0.3 is 0 Å². The molecule has 1 aromatic carbocycles. The van der Waals surface area contributed by atoms with E-state index < -0.39 is 0 Å². The summed E-state index contributed by atoms with van der Waals surface area (Å²) in [5, 5.41) is 10.5. The van der Waals surface area contributed by atoms with E-state index in [-0.39, 0.29) is 6.61 Å². The van der Waals surface area contributed by atoms with Crippen LogP contribution in [0, 0.1) is 6.92 Å². The Labute approximate surface area is 90.2 Å². The molecule has 15 heavy (non-hydrogen) atoms. The Kier molecular flexibility index (Phi) is 2.53. The van der Waals surface area contributed by atoms with Gasteiger partial charge in [-0.2, -0.15) is 0 Å². The molecule has 2 nitrogen and oxygen atoms in total. The standard InChI is InChI=1S/C13H17NO/c1-9(2)14-7-11(8-15)13-10(3)5-4-6-12(13)14/h4-7,9,15H,8H2,1-3H3. The molecule has 0 aliphatic carbocycles. The lowest BCUT2D eigenvalue weighted by molar-refractivity contribution is 0.283. The molecular formula is C13H17NO. The number of aromatic nitrogens is 1. The third-order valence-corrected chi connectivity index (χ3v) is 2.87. The zero-order chi connectivity index (χ0) is 11.0. The number of rotatable bonds is 2. The third-order valence-electron chi connectivity index (χ3n) is 2.87. The van der Waals surface area contributed by atoms with Gasteiger partial charge in [0.05, 0.1) is 6.61 Å². The van der Waals surface area contributed by atoms with Gasteiger partial charge in [0.25, 0.3) is 0 Å². The maximum Gasteiger partial charge on any atom is 0.0702 e. The predicted octanol–water partition coefficient (Wildman–Crippen LogP) is 3.02. The maximum atomic E-state index is 9.34. The number of benzene rings is 1. The Bertz CT molecular complexity index is 482. The number of fused-ring (bicyclic) bond motifs is 1. The Balaban J connectivity index is 2.81. The molecule has 0 amide bonds. The average molecular weight is 203 g/mol. The predicted molar refractivity (Wildman–Crippen MR) is 63.0 cm³/mol. The molecule has 0 spiro atoms. The quantitative estimate of drug-likeness (QED) is 0.797. The molecule has 2 heteroatoms. The van der Waals surface area contributed by atoms with Crippen molar-refractivity contribution in [2.45, 2.75) is 33.4 Å². The van der Waals surface area contributed by atoms with E-state index in [0.717, 1.165) is 5.56 Å². The first kappa shape index (κ1) is 10.2. The Morgan fingerprint density at radius 2 is 2.07 bits per heavy atom. The number of aliphatic hydroxyl groups is 1. The molecule has 0 saturated heterocycles. The van der Waals surface area contributed by atoms with Crippen LogP contribution in [0.25, 0.3) is 10.9 Å². The summed E-state index contributed by atoms with van der Waals surface area (Å²) in [6.45, 7) is 6.51. The third kappa shape index (κ3) is 1.55. The van der Waals surface area contributed by atoms with E-state index in [0.29, 0.717) is 6.04 Å². The summed E-state index contributed by atoms with van der Waals surface area (Å²) in [7, 11) is 0. The average Bonchev–Trinajstić information content (AvgIpc) is 2.58. The molecule has 1 heterocycles. The highest BCUT2D eigenvalue weighted by Gasteiger charge is 2.10. The van der Waals surface area contributed by atoms with Crippen LogP contribution in [-0.2, 0) is 6.61 Å². The smallest absolute Gasteiger partial charge is 0.0702 e. The van der Waals surface area contributed by atoms with Crippen LogP contribution in [0.2, 0.25) is 0 Å². The normalized spacial score (nSPS) is 11.5. The Morgan fingerprint density at radius 3 is 2.67 bits per heavy atom. The van der Waals surface area contributed by atoms with Crippen LogP contribution < -0.4 is 0 Å². The number of aliphatic hydroxyl groups excluding tert-OH is 1. The van der Waals surface area contributed by atoms with E-state index in [9.17, 15) is 5.11 Å². The molecule has 2 aromatic rings. The van der Waals surface area contributed by atoms with Gasteiger partial charge in [-0.05, 0) is 32.4 Å². The molecule has 0 unspecified atom stereocenters. The second-order valence-corrected chi connectivity index (χ2v) is 4.28. The van der Waals surface area contributed by atoms with E-state index in [2.05, 4.69) is 49.7 Å². The topological polar surface area (TPSA) is 25.2 Å². The van der Waals surface area contributed by atoms with Crippen molar-refractivity contribution in [1.29, 1.82) is 0 Å². The molecule has 0 fully saturated rings. The number of hydrogen-bond acceptors (Lipinski definition) is 1. The Hall–Kier alpha value is -1.28. The highest BCUT2D eigenvalue weighted by atomic mass is 16.3. The molecular weight excluding hydrogens is 186 g/mol. The molecule has 0 saturated carbocycles. The van der Waals surface area contributed by atoms with Gasteiger partial charge in [-0.25, -0.2) is 0 Å². The lowest BCUT2D eigenvalue weighted by atomic mass is 10.1. The van der Waals surface area contributed by atoms with E-state index in [1.165, 1.54) is 16.5 Å². The molecule has 0 bridgehead atoms. The summed E-state index contributed by atoms with van der Waals surface area (Å²) < 4.78 is 2.22. The van der Waals surface area contributed by atoms with Crippen LogP contribution in [0.4, 0.5) is 0 Å². The SMILES string of the molecule is Cc1cccc2c1c(CO)cn2C(C)C. The summed E-state index contributed by atoms with van der Waals surface area (Å²) in [5.41, 5.74) is 3.47. The molecule has 2 rings (SSSR count). The highest BCUT2D eigenvalue weighted by Crippen LogP contribution is 2.27. The van der Waals surface area contributed by atoms with Gasteiger partial charge in [-0.3, -0.25) is 0 Å². The zero-order valence-electron chi connectivity index (χ0n) is 9.49. The molecule has 80 valence electrons. The van der Waals surface area contributed by atoms with Gasteiger partial charge in [0, 0.05) is 28.7 Å². The first-order chi connectivity index (χ1) is 7.15. The fourth-order valence-corrected chi connectivity index (χ4v) is 2.13. The molecule has 0 aliphatic rings. The summed E-state index contributed by atoms with van der Waals surface area (Å²) in [5.74, 6) is 0. The summed E-state index contributed by atoms with van der Waals surface area (Å²) in [6.07, 6.45) is 2.06. The number of aryl methyl sites for hydroxylation is 1. The van der Waals surface area contributed by atoms with E-state index in [1.807, 2.05) is 0 Å². The second-order valence-electron chi connectivity index (χ2n) is 4.28. The van der Waals surface area contributed by atoms with Gasteiger partial charge in [0.1, 0.15) is 0 Å². The van der Waals surface area contributed by atoms with Gasteiger partial charge < -0.3 is 9.67 Å². The van der Waals surface area contributed by atoms with Gasteiger partial charge in [0.15, 0.2) is 0 Å². The van der Waals surface area contributed by atoms with Gasteiger partial charge in [-0.1, -0.05) is 12.1 Å². The summed E-state index contributed by atoms with van der Waals surface area (Å²) in [6, 6.07) is 6.69. The molecule has 0 atom stereocenters. The summed E-state index contributed by atoms with van der Waals surface area (Å²) >= 11 is 0. The molecule has 1 aromatic heterocycles. The lowest BCUT2D eigenvalue weighted by Crippen LogP contribution is -1.97. The van der Waals surface area contributed by atoms with Crippen molar-refractivity contribution in [3.63, 3.8) is 0 Å². The largest absolute Gasteiger partial charge is 0.392 e. The van der Waals surface area contributed by atoms with Crippen LogP contribution in [-0.4, -0.2) is 9.67 Å². The monoisotopic (exact) mass is 203 g/mol. The minimum absolute atomic E-state index is 0.112. The van der Waals surface area contributed by atoms with Crippen molar-refractivity contribution in [2.75, 3.05) is 0 Å². The van der Waals surface area contributed by atoms with Gasteiger partial charge in [-0.15, -0.1) is 0 Å². The summed E-state index contributed by atoms with van der Waals surface area (Å²) in [4.78, 5) is 0. The van der Waals surface area contributed by atoms with Crippen LogP contribution in [0.5, 0.6) is 0 Å². The zero-order valence-corrected chi connectivity index (χ0v) is 9.49. The maximum absolute atomic E-state index is 9.34. The van der Waals surface area contributed by atoms with Crippen molar-refractivity contribution < 1.29 is 5.11 Å². The van der Waals surface area contributed by atoms with Crippen LogP contribution >= 0.6 is 0 Å². The fraction of sp³-hybridized carbons (Fsp3) is 0.385. The van der Waals surface area contributed by atoms with Crippen LogP contribution in [0.15, 0.2) is 24.4 Å². The number of hydrogen-bond donors (Lipinski definition) is 1. The van der Waals surface area contributed by atoms with E-state index >= 15 is 0 Å². The van der Waals surface area contributed by atoms with Crippen molar-refractivity contribution >= 4 is 10.9 Å². The lowest BCUT2D eigenvalue weighted by Gasteiger charge is -2.09. The van der Waals surface area contributed by atoms with Crippen LogP contribution in [0.3, 0.4) is 0 Å². The van der Waals surface area contributed by atoms with E-state index in [4.69, 9.17) is 0 Å². The second kappa shape index (κ2) is 3.70. The first-order valence-corrected chi connectivity index (χ1v) is 5.35. The first-order valence-electron chi connectivity index (χ1n) is 5.35. The number of nitrogens with zero attached hydrogens (tertiary/aromatic N) is 1. The highest BCUT2D eigenvalue weighted by molar-refractivity contribution is 5.87. The molecule has 1 N–H and O–H groups in total. The van der Waals surface area contributed by atoms with Crippen molar-refractivity contribution in [3.8, 4) is 0 Å². The van der Waals surface area contributed by atoms with E-state index in [1.54, 1.807) is 0 Å². The minimum Gasteiger partial charge on any atom is -0.392 e. The Morgan fingerprint density at radius 1 is 1.33 bits per heavy atom. The van der Waals surface area contributed by atoms with Crippen molar-refractivity contribution in [3.05, 3.63) is 35.5 Å². The van der Waals surface area contributed by atoms with Gasteiger partial charge in [0.2, 0.25) is 0 Å². The van der Waals surface area contributed by atoms with Crippen LogP contribution in [0.1, 0.15) is 31.0 Å².